The Balaban J connectivity index is 1.73. The SMILES string of the molecule is N/N=C1/C2C[NH+]3CC[NH+](C2)CC1(Cc1ccccc1)C3. The highest BCUT2D eigenvalue weighted by Crippen LogP contribution is 2.30. The smallest absolute Gasteiger partial charge is 0.127 e. The monoisotopic (exact) mass is 272 g/mol. The lowest BCUT2D eigenvalue weighted by molar-refractivity contribution is -0.918. The summed E-state index contributed by atoms with van der Waals surface area (Å²) >= 11 is 0. The van der Waals surface area contributed by atoms with Crippen LogP contribution in [0.25, 0.3) is 0 Å². The fourth-order valence-electron chi connectivity index (χ4n) is 4.92. The molecule has 0 aliphatic carbocycles. The first-order valence-electron chi connectivity index (χ1n) is 7.78. The van der Waals surface area contributed by atoms with E-state index in [4.69, 9.17) is 5.84 Å². The lowest BCUT2D eigenvalue weighted by Crippen LogP contribution is -3.17. The zero-order chi connectivity index (χ0) is 13.6. The van der Waals surface area contributed by atoms with Gasteiger partial charge in [-0.2, -0.15) is 5.10 Å². The average Bonchev–Trinajstić information content (AvgIpc) is 2.68. The van der Waals surface area contributed by atoms with Crippen molar-refractivity contribution < 1.29 is 9.80 Å². The standard InChI is InChI=1S/C16H22N4/c17-18-15-14-9-19-6-7-20(10-14)12-16(15,11-19)8-13-4-2-1-3-5-13/h1-5,14H,6-12,17H2/p+2/b18-15-. The second-order valence-electron chi connectivity index (χ2n) is 6.92. The molecule has 4 heterocycles. The molecule has 106 valence electrons. The Bertz CT molecular complexity index is 509. The predicted molar refractivity (Wildman–Crippen MR) is 78.8 cm³/mol. The van der Waals surface area contributed by atoms with Crippen molar-refractivity contribution in [2.24, 2.45) is 22.3 Å². The zero-order valence-corrected chi connectivity index (χ0v) is 11.9. The maximum Gasteiger partial charge on any atom is 0.127 e. The van der Waals surface area contributed by atoms with Crippen LogP contribution in [0.15, 0.2) is 35.4 Å². The van der Waals surface area contributed by atoms with Crippen LogP contribution in [0.3, 0.4) is 0 Å². The molecule has 4 heteroatoms. The van der Waals surface area contributed by atoms with Gasteiger partial charge in [-0.05, 0) is 12.0 Å². The summed E-state index contributed by atoms with van der Waals surface area (Å²) in [6, 6.07) is 10.9. The molecule has 2 atom stereocenters. The van der Waals surface area contributed by atoms with E-state index in [9.17, 15) is 0 Å². The Morgan fingerprint density at radius 2 is 1.75 bits per heavy atom. The van der Waals surface area contributed by atoms with Gasteiger partial charge in [-0.1, -0.05) is 30.3 Å². The molecule has 20 heavy (non-hydrogen) atoms. The van der Waals surface area contributed by atoms with Crippen molar-refractivity contribution in [3.05, 3.63) is 35.9 Å². The van der Waals surface area contributed by atoms with Gasteiger partial charge in [0.2, 0.25) is 0 Å². The quantitative estimate of drug-likeness (QED) is 0.421. The number of fused-ring (bicyclic) bond motifs is 1. The summed E-state index contributed by atoms with van der Waals surface area (Å²) in [4.78, 5) is 3.54. The van der Waals surface area contributed by atoms with Gasteiger partial charge >= 0.3 is 0 Å². The summed E-state index contributed by atoms with van der Waals surface area (Å²) in [5.41, 5.74) is 2.95. The molecule has 0 aromatic heterocycles. The van der Waals surface area contributed by atoms with Crippen molar-refractivity contribution >= 4 is 5.71 Å². The fraction of sp³-hybridized carbons (Fsp3) is 0.562. The van der Waals surface area contributed by atoms with Crippen LogP contribution in [-0.4, -0.2) is 45.0 Å². The van der Waals surface area contributed by atoms with Crippen molar-refractivity contribution in [3.63, 3.8) is 0 Å². The lowest BCUT2D eigenvalue weighted by atomic mass is 9.67. The molecule has 2 unspecified atom stereocenters. The predicted octanol–water partition coefficient (Wildman–Crippen LogP) is -2.04. The van der Waals surface area contributed by atoms with Crippen molar-refractivity contribution in [1.82, 2.24) is 0 Å². The molecule has 0 spiro atoms. The van der Waals surface area contributed by atoms with Crippen molar-refractivity contribution in [2.75, 3.05) is 39.3 Å². The Hall–Kier alpha value is -1.39. The van der Waals surface area contributed by atoms with Gasteiger partial charge in [0, 0.05) is 0 Å². The van der Waals surface area contributed by atoms with Crippen LogP contribution in [0.1, 0.15) is 5.56 Å². The van der Waals surface area contributed by atoms with E-state index in [0.717, 1.165) is 6.42 Å². The topological polar surface area (TPSA) is 47.3 Å². The third-order valence-corrected chi connectivity index (χ3v) is 5.53. The van der Waals surface area contributed by atoms with E-state index in [-0.39, 0.29) is 5.41 Å². The number of nitrogens with zero attached hydrogens (tertiary/aromatic N) is 1. The van der Waals surface area contributed by atoms with E-state index in [1.807, 2.05) is 0 Å². The fourth-order valence-corrected chi connectivity index (χ4v) is 4.92. The largest absolute Gasteiger partial charge is 0.329 e. The Labute approximate surface area is 120 Å². The van der Waals surface area contributed by atoms with Gasteiger partial charge in [0.15, 0.2) is 0 Å². The number of nitrogens with one attached hydrogen (secondary N) is 2. The minimum absolute atomic E-state index is 0.207. The second kappa shape index (κ2) is 4.57. The number of piperidine rings is 2. The molecule has 0 radical (unpaired) electrons. The molecule has 5 rings (SSSR count). The van der Waals surface area contributed by atoms with E-state index in [1.54, 1.807) is 9.80 Å². The number of rotatable bonds is 2. The van der Waals surface area contributed by atoms with Crippen LogP contribution in [0.4, 0.5) is 0 Å². The number of benzene rings is 1. The molecule has 0 saturated carbocycles. The molecule has 4 bridgehead atoms. The second-order valence-corrected chi connectivity index (χ2v) is 6.92. The first-order valence-corrected chi connectivity index (χ1v) is 7.78. The molecule has 4 saturated heterocycles. The average molecular weight is 272 g/mol. The van der Waals surface area contributed by atoms with Crippen molar-refractivity contribution in [3.8, 4) is 0 Å². The number of hydrogen-bond donors (Lipinski definition) is 3. The van der Waals surface area contributed by atoms with Gasteiger partial charge in [-0.3, -0.25) is 0 Å². The Kier molecular flexibility index (Phi) is 2.82. The maximum atomic E-state index is 5.81. The van der Waals surface area contributed by atoms with Gasteiger partial charge in [-0.25, -0.2) is 0 Å². The molecule has 4 aliphatic rings. The van der Waals surface area contributed by atoms with E-state index in [1.165, 1.54) is 50.5 Å². The number of hydrogen-bond acceptors (Lipinski definition) is 2. The highest BCUT2D eigenvalue weighted by molar-refractivity contribution is 5.93. The van der Waals surface area contributed by atoms with Crippen LogP contribution in [0.2, 0.25) is 0 Å². The molecule has 0 amide bonds. The summed E-state index contributed by atoms with van der Waals surface area (Å²) in [7, 11) is 0. The highest BCUT2D eigenvalue weighted by atomic mass is 15.3. The van der Waals surface area contributed by atoms with E-state index in [0.29, 0.717) is 5.92 Å². The van der Waals surface area contributed by atoms with Gasteiger partial charge in [-0.15, -0.1) is 0 Å². The van der Waals surface area contributed by atoms with Crippen LogP contribution in [-0.2, 0) is 6.42 Å². The molecule has 4 N–H and O–H groups in total. The van der Waals surface area contributed by atoms with Gasteiger partial charge < -0.3 is 15.6 Å². The van der Waals surface area contributed by atoms with Gasteiger partial charge in [0.1, 0.15) is 18.5 Å². The number of quaternary nitrogens is 2. The minimum Gasteiger partial charge on any atom is -0.329 e. The summed E-state index contributed by atoms with van der Waals surface area (Å²) in [6.07, 6.45) is 1.10. The van der Waals surface area contributed by atoms with Gasteiger partial charge in [0.25, 0.3) is 0 Å². The van der Waals surface area contributed by atoms with Crippen LogP contribution in [0, 0.1) is 11.3 Å². The normalized spacial score (nSPS) is 41.0. The van der Waals surface area contributed by atoms with Gasteiger partial charge in [0.05, 0.1) is 37.8 Å². The first kappa shape index (κ1) is 12.4. The van der Waals surface area contributed by atoms with Crippen LogP contribution >= 0.6 is 0 Å². The van der Waals surface area contributed by atoms with E-state index < -0.39 is 0 Å². The molecule has 4 nitrogen and oxygen atoms in total. The summed E-state index contributed by atoms with van der Waals surface area (Å²) in [5, 5.41) is 4.29. The van der Waals surface area contributed by atoms with Crippen LogP contribution in [0.5, 0.6) is 0 Å². The highest BCUT2D eigenvalue weighted by Gasteiger charge is 2.57. The van der Waals surface area contributed by atoms with E-state index in [2.05, 4.69) is 35.4 Å². The molecule has 4 aliphatic heterocycles. The van der Waals surface area contributed by atoms with Crippen molar-refractivity contribution in [2.45, 2.75) is 6.42 Å². The van der Waals surface area contributed by atoms with Crippen molar-refractivity contribution in [1.29, 1.82) is 0 Å². The van der Waals surface area contributed by atoms with E-state index >= 15 is 0 Å². The molecule has 1 aromatic carbocycles. The molecular weight excluding hydrogens is 248 g/mol. The van der Waals surface area contributed by atoms with Crippen LogP contribution < -0.4 is 15.6 Å². The lowest BCUT2D eigenvalue weighted by Gasteiger charge is -2.46. The first-order chi connectivity index (χ1) is 9.79. The summed E-state index contributed by atoms with van der Waals surface area (Å²) in [5.74, 6) is 6.42. The molecular formula is C16H24N4+2. The molecule has 4 fully saturated rings. The minimum atomic E-state index is 0.207. The maximum absolute atomic E-state index is 5.81. The Morgan fingerprint density at radius 1 is 1.10 bits per heavy atom. The molecule has 1 aromatic rings. The number of nitrogens with two attached hydrogens (primary N) is 1. The third kappa shape index (κ3) is 1.86. The Morgan fingerprint density at radius 3 is 2.35 bits per heavy atom. The summed E-state index contributed by atoms with van der Waals surface area (Å²) in [6.45, 7) is 7.57. The number of hydrazone groups is 1. The third-order valence-electron chi connectivity index (χ3n) is 5.53. The summed E-state index contributed by atoms with van der Waals surface area (Å²) < 4.78 is 0. The zero-order valence-electron chi connectivity index (χ0n) is 11.9.